The minimum Gasteiger partial charge on any atom is -0.342 e. The quantitative estimate of drug-likeness (QED) is 0.442. The van der Waals surface area contributed by atoms with E-state index < -0.39 is 0 Å². The fraction of sp³-hybridized carbons (Fsp3) is 0.360. The van der Waals surface area contributed by atoms with Gasteiger partial charge in [0, 0.05) is 37.1 Å². The number of carbonyl (C=O) groups excluding carboxylic acids is 1. The van der Waals surface area contributed by atoms with Crippen molar-refractivity contribution in [3.63, 3.8) is 0 Å². The number of likely N-dealkylation sites (tertiary alicyclic amines) is 1. The van der Waals surface area contributed by atoms with E-state index >= 15 is 0 Å². The lowest BCUT2D eigenvalue weighted by Crippen LogP contribution is -2.40. The van der Waals surface area contributed by atoms with E-state index in [2.05, 4.69) is 38.8 Å². The number of piperidine rings is 1. The molecule has 0 spiro atoms. The first kappa shape index (κ1) is 20.8. The Morgan fingerprint density at radius 2 is 1.88 bits per heavy atom. The van der Waals surface area contributed by atoms with Gasteiger partial charge < -0.3 is 9.47 Å². The van der Waals surface area contributed by atoms with Crippen LogP contribution in [0.15, 0.2) is 54.0 Å². The van der Waals surface area contributed by atoms with Crippen LogP contribution in [0.2, 0.25) is 0 Å². The molecule has 1 fully saturated rings. The first-order valence-corrected chi connectivity index (χ1v) is 12.1. The topological polar surface area (TPSA) is 63.9 Å². The zero-order valence-corrected chi connectivity index (χ0v) is 19.1. The molecule has 1 amide bonds. The summed E-state index contributed by atoms with van der Waals surface area (Å²) < 4.78 is 2.34. The van der Waals surface area contributed by atoms with Gasteiger partial charge in [-0.05, 0) is 43.9 Å². The Morgan fingerprint density at radius 1 is 1.06 bits per heavy atom. The van der Waals surface area contributed by atoms with E-state index in [0.29, 0.717) is 12.5 Å². The molecule has 6 nitrogen and oxygen atoms in total. The number of hydrogen-bond donors (Lipinski definition) is 0. The SMILES string of the molecule is Cc1nc(CC(=O)N2CCC(n3c(CCc4ccccc4)nc4cccnc43)CC2)cs1. The summed E-state index contributed by atoms with van der Waals surface area (Å²) in [4.78, 5) is 28.8. The number of carbonyl (C=O) groups is 1. The second kappa shape index (κ2) is 9.20. The van der Waals surface area contributed by atoms with Gasteiger partial charge in [0.05, 0.1) is 17.1 Å². The van der Waals surface area contributed by atoms with Gasteiger partial charge in [-0.15, -0.1) is 11.3 Å². The molecule has 0 saturated carbocycles. The van der Waals surface area contributed by atoms with E-state index in [1.165, 1.54) is 5.56 Å². The first-order valence-electron chi connectivity index (χ1n) is 11.2. The van der Waals surface area contributed by atoms with E-state index in [1.807, 2.05) is 41.6 Å². The number of fused-ring (bicyclic) bond motifs is 1. The molecular formula is C25H27N5OS. The summed E-state index contributed by atoms with van der Waals surface area (Å²) in [6, 6.07) is 14.8. The molecule has 0 N–H and O–H groups in total. The molecule has 1 aliphatic rings. The molecule has 0 aliphatic carbocycles. The Balaban J connectivity index is 1.30. The van der Waals surface area contributed by atoms with Crippen LogP contribution in [-0.2, 0) is 24.1 Å². The number of imidazole rings is 1. The minimum absolute atomic E-state index is 0.173. The number of pyridine rings is 1. The Labute approximate surface area is 192 Å². The number of aromatic nitrogens is 4. The van der Waals surface area contributed by atoms with Gasteiger partial charge in [0.25, 0.3) is 0 Å². The molecule has 4 aromatic rings. The van der Waals surface area contributed by atoms with Crippen molar-refractivity contribution in [2.24, 2.45) is 0 Å². The maximum absolute atomic E-state index is 12.8. The molecule has 1 aromatic carbocycles. The molecule has 5 rings (SSSR count). The third kappa shape index (κ3) is 4.43. The van der Waals surface area contributed by atoms with Crippen LogP contribution >= 0.6 is 11.3 Å². The summed E-state index contributed by atoms with van der Waals surface area (Å²) in [6.07, 6.45) is 5.91. The molecule has 7 heteroatoms. The molecule has 1 saturated heterocycles. The van der Waals surface area contributed by atoms with Crippen molar-refractivity contribution in [3.8, 4) is 0 Å². The Kier molecular flexibility index (Phi) is 5.99. The number of amides is 1. The molecule has 0 bridgehead atoms. The van der Waals surface area contributed by atoms with E-state index in [1.54, 1.807) is 11.3 Å². The Morgan fingerprint density at radius 3 is 2.62 bits per heavy atom. The molecule has 1 aliphatic heterocycles. The Hall–Kier alpha value is -3.06. The van der Waals surface area contributed by atoms with Gasteiger partial charge in [0.1, 0.15) is 11.3 Å². The van der Waals surface area contributed by atoms with Gasteiger partial charge in [-0.2, -0.15) is 0 Å². The maximum Gasteiger partial charge on any atom is 0.228 e. The predicted molar refractivity (Wildman–Crippen MR) is 127 cm³/mol. The second-order valence-electron chi connectivity index (χ2n) is 8.38. The molecule has 32 heavy (non-hydrogen) atoms. The number of rotatable bonds is 6. The van der Waals surface area contributed by atoms with Gasteiger partial charge in [-0.3, -0.25) is 4.79 Å². The molecule has 0 unspecified atom stereocenters. The van der Waals surface area contributed by atoms with Gasteiger partial charge in [-0.1, -0.05) is 30.3 Å². The smallest absolute Gasteiger partial charge is 0.228 e. The summed E-state index contributed by atoms with van der Waals surface area (Å²) >= 11 is 1.60. The number of hydrogen-bond acceptors (Lipinski definition) is 5. The highest BCUT2D eigenvalue weighted by Crippen LogP contribution is 2.29. The molecule has 4 heterocycles. The second-order valence-corrected chi connectivity index (χ2v) is 9.44. The average molecular weight is 446 g/mol. The van der Waals surface area contributed by atoms with Crippen molar-refractivity contribution in [2.75, 3.05) is 13.1 Å². The lowest BCUT2D eigenvalue weighted by atomic mass is 10.0. The van der Waals surface area contributed by atoms with Gasteiger partial charge in [0.2, 0.25) is 5.91 Å². The van der Waals surface area contributed by atoms with Crippen LogP contribution in [0.4, 0.5) is 0 Å². The fourth-order valence-electron chi connectivity index (χ4n) is 4.57. The average Bonchev–Trinajstić information content (AvgIpc) is 3.41. The van der Waals surface area contributed by atoms with Crippen molar-refractivity contribution in [1.29, 1.82) is 0 Å². The number of nitrogens with zero attached hydrogens (tertiary/aromatic N) is 5. The molecule has 0 radical (unpaired) electrons. The van der Waals surface area contributed by atoms with Gasteiger partial charge >= 0.3 is 0 Å². The monoisotopic (exact) mass is 445 g/mol. The highest BCUT2D eigenvalue weighted by molar-refractivity contribution is 7.09. The van der Waals surface area contributed by atoms with Crippen molar-refractivity contribution in [3.05, 3.63) is 76.1 Å². The molecule has 0 atom stereocenters. The van der Waals surface area contributed by atoms with Crippen LogP contribution in [0.3, 0.4) is 0 Å². The normalized spacial score (nSPS) is 14.8. The van der Waals surface area contributed by atoms with Crippen LogP contribution in [0.1, 0.15) is 41.0 Å². The molecule has 3 aromatic heterocycles. The summed E-state index contributed by atoms with van der Waals surface area (Å²) in [5.41, 5.74) is 4.11. The highest BCUT2D eigenvalue weighted by atomic mass is 32.1. The van der Waals surface area contributed by atoms with E-state index in [0.717, 1.165) is 66.5 Å². The number of benzene rings is 1. The van der Waals surface area contributed by atoms with Crippen molar-refractivity contribution in [1.82, 2.24) is 24.4 Å². The highest BCUT2D eigenvalue weighted by Gasteiger charge is 2.27. The van der Waals surface area contributed by atoms with Crippen molar-refractivity contribution < 1.29 is 4.79 Å². The zero-order valence-electron chi connectivity index (χ0n) is 18.3. The van der Waals surface area contributed by atoms with Crippen molar-refractivity contribution in [2.45, 2.75) is 45.1 Å². The molecule has 164 valence electrons. The van der Waals surface area contributed by atoms with Gasteiger partial charge in [0.15, 0.2) is 5.65 Å². The van der Waals surface area contributed by atoms with Crippen LogP contribution in [-0.4, -0.2) is 43.4 Å². The van der Waals surface area contributed by atoms with E-state index in [9.17, 15) is 4.79 Å². The van der Waals surface area contributed by atoms with Crippen LogP contribution in [0.25, 0.3) is 11.2 Å². The first-order chi connectivity index (χ1) is 15.7. The number of aryl methyl sites for hydroxylation is 3. The summed E-state index contributed by atoms with van der Waals surface area (Å²) in [5.74, 6) is 1.26. The lowest BCUT2D eigenvalue weighted by Gasteiger charge is -2.33. The van der Waals surface area contributed by atoms with Crippen LogP contribution in [0, 0.1) is 6.92 Å². The van der Waals surface area contributed by atoms with Crippen molar-refractivity contribution >= 4 is 28.4 Å². The fourth-order valence-corrected chi connectivity index (χ4v) is 5.18. The zero-order chi connectivity index (χ0) is 21.9. The summed E-state index contributed by atoms with van der Waals surface area (Å²) in [7, 11) is 0. The lowest BCUT2D eigenvalue weighted by molar-refractivity contribution is -0.131. The predicted octanol–water partition coefficient (Wildman–Crippen LogP) is 4.39. The van der Waals surface area contributed by atoms with E-state index in [4.69, 9.17) is 4.98 Å². The summed E-state index contributed by atoms with van der Waals surface area (Å²) in [5, 5.41) is 3.00. The number of thiazole rings is 1. The van der Waals surface area contributed by atoms with Gasteiger partial charge in [-0.25, -0.2) is 15.0 Å². The van der Waals surface area contributed by atoms with E-state index in [-0.39, 0.29) is 5.91 Å². The Bertz CT molecular complexity index is 1210. The molecular weight excluding hydrogens is 418 g/mol. The standard InChI is InChI=1S/C25H27N5OS/c1-18-27-20(17-32-18)16-24(31)29-14-11-21(12-15-29)30-23(10-9-19-6-3-2-4-7-19)28-22-8-5-13-26-25(22)30/h2-8,13,17,21H,9-12,14-16H2,1H3. The third-order valence-corrected chi connectivity index (χ3v) is 7.01. The maximum atomic E-state index is 12.8. The summed E-state index contributed by atoms with van der Waals surface area (Å²) in [6.45, 7) is 3.50. The minimum atomic E-state index is 0.173. The van der Waals surface area contributed by atoms with Crippen LogP contribution in [0.5, 0.6) is 0 Å². The van der Waals surface area contributed by atoms with Crippen LogP contribution < -0.4 is 0 Å². The largest absolute Gasteiger partial charge is 0.342 e. The third-order valence-electron chi connectivity index (χ3n) is 6.18.